The van der Waals surface area contributed by atoms with Gasteiger partial charge >= 0.3 is 0 Å². The number of fused-ring (bicyclic) bond motifs is 1. The van der Waals surface area contributed by atoms with Crippen LogP contribution in [0.3, 0.4) is 0 Å². The minimum absolute atomic E-state index is 0.159. The van der Waals surface area contributed by atoms with E-state index >= 15 is 0 Å². The summed E-state index contributed by atoms with van der Waals surface area (Å²) in [6, 6.07) is 14.6. The summed E-state index contributed by atoms with van der Waals surface area (Å²) in [6.07, 6.45) is 1.81. The second kappa shape index (κ2) is 10.3. The molecular weight excluding hydrogens is 414 g/mol. The van der Waals surface area contributed by atoms with Crippen LogP contribution >= 0.6 is 11.6 Å². The summed E-state index contributed by atoms with van der Waals surface area (Å²) in [5.41, 5.74) is 1.06. The number of ether oxygens (including phenoxy) is 1. The van der Waals surface area contributed by atoms with Crippen molar-refractivity contribution in [2.45, 2.75) is 12.8 Å². The fourth-order valence-corrected chi connectivity index (χ4v) is 4.32. The molecule has 0 radical (unpaired) electrons. The fourth-order valence-electron chi connectivity index (χ4n) is 4.13. The Kier molecular flexibility index (Phi) is 7.22. The van der Waals surface area contributed by atoms with E-state index in [2.05, 4.69) is 9.80 Å². The van der Waals surface area contributed by atoms with Gasteiger partial charge in [-0.2, -0.15) is 0 Å². The van der Waals surface area contributed by atoms with Crippen LogP contribution in [0.15, 0.2) is 48.5 Å². The van der Waals surface area contributed by atoms with Crippen LogP contribution in [-0.4, -0.2) is 78.9 Å². The van der Waals surface area contributed by atoms with E-state index in [0.29, 0.717) is 29.3 Å². The lowest BCUT2D eigenvalue weighted by Gasteiger charge is -2.34. The number of amides is 2. The van der Waals surface area contributed by atoms with Gasteiger partial charge in [-0.25, -0.2) is 0 Å². The molecule has 2 heterocycles. The van der Waals surface area contributed by atoms with Gasteiger partial charge in [0.2, 0.25) is 0 Å². The van der Waals surface area contributed by atoms with Crippen molar-refractivity contribution in [2.24, 2.45) is 0 Å². The minimum atomic E-state index is -0.159. The van der Waals surface area contributed by atoms with Crippen molar-refractivity contribution in [2.75, 3.05) is 52.4 Å². The van der Waals surface area contributed by atoms with E-state index in [4.69, 9.17) is 16.3 Å². The molecule has 2 aliphatic heterocycles. The first-order valence-corrected chi connectivity index (χ1v) is 11.3. The summed E-state index contributed by atoms with van der Waals surface area (Å²) in [5, 5.41) is 0.647. The molecule has 0 N–H and O–H groups in total. The Hall–Kier alpha value is -2.41. The Labute approximate surface area is 188 Å². The van der Waals surface area contributed by atoms with Gasteiger partial charge in [-0.15, -0.1) is 0 Å². The zero-order valence-electron chi connectivity index (χ0n) is 17.6. The Balaban J connectivity index is 1.11. The monoisotopic (exact) mass is 441 g/mol. The number of halogens is 1. The first kappa shape index (κ1) is 21.8. The molecule has 0 saturated carbocycles. The number of hydrogen-bond donors (Lipinski definition) is 0. The second-order valence-electron chi connectivity index (χ2n) is 7.98. The molecule has 31 heavy (non-hydrogen) atoms. The van der Waals surface area contributed by atoms with Gasteiger partial charge in [0.1, 0.15) is 12.4 Å². The van der Waals surface area contributed by atoms with Crippen LogP contribution in [0.4, 0.5) is 0 Å². The van der Waals surface area contributed by atoms with Gasteiger partial charge in [-0.1, -0.05) is 35.9 Å². The number of benzene rings is 2. The Morgan fingerprint density at radius 2 is 1.29 bits per heavy atom. The third-order valence-electron chi connectivity index (χ3n) is 5.95. The molecular formula is C24H28ClN3O3. The van der Waals surface area contributed by atoms with Crippen molar-refractivity contribution in [3.63, 3.8) is 0 Å². The van der Waals surface area contributed by atoms with Crippen molar-refractivity contribution < 1.29 is 14.3 Å². The molecule has 2 amide bonds. The molecule has 164 valence electrons. The van der Waals surface area contributed by atoms with E-state index in [9.17, 15) is 9.59 Å². The maximum absolute atomic E-state index is 12.4. The number of nitrogens with zero attached hydrogens (tertiary/aromatic N) is 3. The number of piperazine rings is 1. The largest absolute Gasteiger partial charge is 0.491 e. The molecule has 0 atom stereocenters. The summed E-state index contributed by atoms with van der Waals surface area (Å²) in [5.74, 6) is 0.419. The molecule has 7 heteroatoms. The third kappa shape index (κ3) is 5.26. The topological polar surface area (TPSA) is 53.1 Å². The maximum Gasteiger partial charge on any atom is 0.261 e. The van der Waals surface area contributed by atoms with Crippen LogP contribution in [0, 0.1) is 0 Å². The highest BCUT2D eigenvalue weighted by atomic mass is 35.5. The predicted octanol–water partition coefficient (Wildman–Crippen LogP) is 3.41. The number of carbonyl (C=O) groups excluding carboxylic acids is 2. The molecule has 0 unspecified atom stereocenters. The van der Waals surface area contributed by atoms with E-state index in [0.717, 1.165) is 57.9 Å². The number of hydrogen-bond acceptors (Lipinski definition) is 5. The summed E-state index contributed by atoms with van der Waals surface area (Å²) in [7, 11) is 0. The average molecular weight is 442 g/mol. The Morgan fingerprint density at radius 3 is 1.94 bits per heavy atom. The van der Waals surface area contributed by atoms with Gasteiger partial charge in [0.15, 0.2) is 0 Å². The molecule has 0 aliphatic carbocycles. The van der Waals surface area contributed by atoms with E-state index < -0.39 is 0 Å². The zero-order valence-corrected chi connectivity index (χ0v) is 18.4. The molecule has 2 aromatic carbocycles. The highest BCUT2D eigenvalue weighted by molar-refractivity contribution is 6.32. The summed E-state index contributed by atoms with van der Waals surface area (Å²) < 4.78 is 5.79. The fraction of sp³-hybridized carbons (Fsp3) is 0.417. The lowest BCUT2D eigenvalue weighted by Crippen LogP contribution is -2.47. The molecule has 0 bridgehead atoms. The molecule has 0 spiro atoms. The predicted molar refractivity (Wildman–Crippen MR) is 121 cm³/mol. The Morgan fingerprint density at radius 1 is 0.742 bits per heavy atom. The second-order valence-corrected chi connectivity index (χ2v) is 8.38. The Bertz CT molecular complexity index is 893. The van der Waals surface area contributed by atoms with Crippen molar-refractivity contribution in [3.05, 3.63) is 64.7 Å². The van der Waals surface area contributed by atoms with Crippen LogP contribution in [0.1, 0.15) is 33.6 Å². The number of rotatable bonds is 9. The van der Waals surface area contributed by atoms with E-state index in [-0.39, 0.29) is 11.8 Å². The maximum atomic E-state index is 12.4. The number of imide groups is 1. The van der Waals surface area contributed by atoms with Crippen LogP contribution in [0.25, 0.3) is 0 Å². The molecule has 1 fully saturated rings. The van der Waals surface area contributed by atoms with Gasteiger partial charge in [-0.05, 0) is 43.7 Å². The van der Waals surface area contributed by atoms with Gasteiger partial charge < -0.3 is 9.64 Å². The van der Waals surface area contributed by atoms with Crippen LogP contribution in [0.5, 0.6) is 5.75 Å². The van der Waals surface area contributed by atoms with Crippen molar-refractivity contribution in [3.8, 4) is 5.75 Å². The highest BCUT2D eigenvalue weighted by Crippen LogP contribution is 2.23. The lowest BCUT2D eigenvalue weighted by atomic mass is 10.1. The quantitative estimate of drug-likeness (QED) is 0.441. The SMILES string of the molecule is O=C1c2ccccc2C(=O)N1CCCCN1CCN(CCOc2ccccc2Cl)CC1. The average Bonchev–Trinajstić information content (AvgIpc) is 3.04. The van der Waals surface area contributed by atoms with Gasteiger partial charge in [-0.3, -0.25) is 19.4 Å². The summed E-state index contributed by atoms with van der Waals surface area (Å²) in [6.45, 7) is 7.09. The number of carbonyl (C=O) groups is 2. The normalized spacial score (nSPS) is 17.3. The van der Waals surface area contributed by atoms with E-state index in [1.807, 2.05) is 24.3 Å². The van der Waals surface area contributed by atoms with Gasteiger partial charge in [0.05, 0.1) is 16.1 Å². The molecule has 4 rings (SSSR count). The standard InChI is InChI=1S/C24H28ClN3O3/c25-21-9-3-4-10-22(21)31-18-17-27-15-13-26(14-16-27)11-5-6-12-28-23(29)19-7-1-2-8-20(19)24(28)30/h1-4,7-10H,5-6,11-18H2. The molecule has 2 aliphatic rings. The molecule has 2 aromatic rings. The van der Waals surface area contributed by atoms with Crippen molar-refractivity contribution in [1.82, 2.24) is 14.7 Å². The smallest absolute Gasteiger partial charge is 0.261 e. The molecule has 1 saturated heterocycles. The lowest BCUT2D eigenvalue weighted by molar-refractivity contribution is 0.0648. The number of unbranched alkanes of at least 4 members (excludes halogenated alkanes) is 1. The third-order valence-corrected chi connectivity index (χ3v) is 6.26. The highest BCUT2D eigenvalue weighted by Gasteiger charge is 2.34. The van der Waals surface area contributed by atoms with Crippen LogP contribution < -0.4 is 4.74 Å². The van der Waals surface area contributed by atoms with Gasteiger partial charge in [0.25, 0.3) is 11.8 Å². The zero-order chi connectivity index (χ0) is 21.6. The first-order chi connectivity index (χ1) is 15.1. The minimum Gasteiger partial charge on any atom is -0.491 e. The van der Waals surface area contributed by atoms with Crippen LogP contribution in [-0.2, 0) is 0 Å². The number of para-hydroxylation sites is 1. The molecule has 0 aromatic heterocycles. The van der Waals surface area contributed by atoms with Crippen molar-refractivity contribution in [1.29, 1.82) is 0 Å². The van der Waals surface area contributed by atoms with Crippen LogP contribution in [0.2, 0.25) is 5.02 Å². The van der Waals surface area contributed by atoms with Gasteiger partial charge in [0, 0.05) is 39.3 Å². The molecule has 6 nitrogen and oxygen atoms in total. The van der Waals surface area contributed by atoms with Crippen molar-refractivity contribution >= 4 is 23.4 Å². The van der Waals surface area contributed by atoms with E-state index in [1.165, 1.54) is 4.90 Å². The summed E-state index contributed by atoms with van der Waals surface area (Å²) in [4.78, 5) is 31.1. The van der Waals surface area contributed by atoms with E-state index in [1.54, 1.807) is 24.3 Å². The first-order valence-electron chi connectivity index (χ1n) is 10.9. The summed E-state index contributed by atoms with van der Waals surface area (Å²) >= 11 is 6.12.